The molecule has 170 valence electrons. The standard InChI is InChI=1S/C24H23FN4O4/c1-16-12-21(29(27-16)20-10-8-18(25)9-11-20)22(30)26-15-19-14-24(33-28-19,23(31)32-2)13-17-6-4-3-5-7-17/h3-12H,13-15H2,1-2H3,(H,26,30). The van der Waals surface area contributed by atoms with E-state index in [1.54, 1.807) is 25.1 Å². The van der Waals surface area contributed by atoms with Crippen LogP contribution in [-0.4, -0.2) is 46.6 Å². The second kappa shape index (κ2) is 9.23. The second-order valence-corrected chi connectivity index (χ2v) is 7.82. The van der Waals surface area contributed by atoms with E-state index < -0.39 is 11.6 Å². The van der Waals surface area contributed by atoms with Gasteiger partial charge in [-0.15, -0.1) is 0 Å². The smallest absolute Gasteiger partial charge is 0.353 e. The second-order valence-electron chi connectivity index (χ2n) is 7.82. The minimum Gasteiger partial charge on any atom is -0.466 e. The lowest BCUT2D eigenvalue weighted by atomic mass is 9.89. The van der Waals surface area contributed by atoms with Crippen molar-refractivity contribution in [3.8, 4) is 5.69 Å². The largest absolute Gasteiger partial charge is 0.466 e. The Hall–Kier alpha value is -4.01. The fourth-order valence-electron chi connectivity index (χ4n) is 3.74. The van der Waals surface area contributed by atoms with Gasteiger partial charge in [0.2, 0.25) is 5.60 Å². The molecule has 1 N–H and O–H groups in total. The molecule has 0 aliphatic carbocycles. The Morgan fingerprint density at radius 1 is 1.18 bits per heavy atom. The van der Waals surface area contributed by atoms with Gasteiger partial charge in [0.05, 0.1) is 30.7 Å². The van der Waals surface area contributed by atoms with Crippen LogP contribution < -0.4 is 5.32 Å². The van der Waals surface area contributed by atoms with Crippen molar-refractivity contribution >= 4 is 17.6 Å². The molecule has 1 amide bonds. The van der Waals surface area contributed by atoms with Crippen LogP contribution in [0.2, 0.25) is 0 Å². The predicted molar refractivity (Wildman–Crippen MR) is 119 cm³/mol. The summed E-state index contributed by atoms with van der Waals surface area (Å²) in [6.07, 6.45) is 0.475. The molecule has 0 saturated heterocycles. The molecule has 8 nitrogen and oxygen atoms in total. The Balaban J connectivity index is 1.45. The Morgan fingerprint density at radius 2 is 1.91 bits per heavy atom. The number of aryl methyl sites for hydroxylation is 1. The summed E-state index contributed by atoms with van der Waals surface area (Å²) >= 11 is 0. The molecule has 4 rings (SSSR count). The summed E-state index contributed by atoms with van der Waals surface area (Å²) in [5, 5.41) is 11.2. The molecule has 9 heteroatoms. The van der Waals surface area contributed by atoms with Crippen molar-refractivity contribution in [3.63, 3.8) is 0 Å². The summed E-state index contributed by atoms with van der Waals surface area (Å²) in [6, 6.07) is 16.8. The predicted octanol–water partition coefficient (Wildman–Crippen LogP) is 2.98. The van der Waals surface area contributed by atoms with Crippen molar-refractivity contribution in [3.05, 3.63) is 83.4 Å². The highest BCUT2D eigenvalue weighted by atomic mass is 19.1. The molecule has 1 atom stereocenters. The van der Waals surface area contributed by atoms with Crippen molar-refractivity contribution in [2.75, 3.05) is 13.7 Å². The first-order valence-electron chi connectivity index (χ1n) is 10.4. The van der Waals surface area contributed by atoms with E-state index in [2.05, 4.69) is 15.6 Å². The first-order chi connectivity index (χ1) is 15.9. The number of esters is 1. The number of rotatable bonds is 7. The minimum atomic E-state index is -1.28. The van der Waals surface area contributed by atoms with Crippen molar-refractivity contribution in [2.24, 2.45) is 5.16 Å². The highest BCUT2D eigenvalue weighted by molar-refractivity contribution is 5.99. The molecule has 1 aliphatic rings. The lowest BCUT2D eigenvalue weighted by Gasteiger charge is -2.23. The van der Waals surface area contributed by atoms with Crippen LogP contribution in [0, 0.1) is 12.7 Å². The van der Waals surface area contributed by atoms with Crippen LogP contribution in [0.4, 0.5) is 4.39 Å². The van der Waals surface area contributed by atoms with Gasteiger partial charge in [-0.05, 0) is 42.8 Å². The summed E-state index contributed by atoms with van der Waals surface area (Å²) in [6.45, 7) is 1.85. The van der Waals surface area contributed by atoms with Gasteiger partial charge in [0.15, 0.2) is 0 Å². The molecular formula is C24H23FN4O4. The number of oxime groups is 1. The molecule has 1 unspecified atom stereocenters. The first kappa shape index (κ1) is 22.2. The van der Waals surface area contributed by atoms with Crippen LogP contribution in [0.25, 0.3) is 5.69 Å². The molecule has 0 saturated carbocycles. The molecule has 3 aromatic rings. The van der Waals surface area contributed by atoms with E-state index in [1.807, 2.05) is 30.3 Å². The Kier molecular flexibility index (Phi) is 6.21. The van der Waals surface area contributed by atoms with Gasteiger partial charge in [0, 0.05) is 12.8 Å². The van der Waals surface area contributed by atoms with E-state index in [1.165, 1.54) is 23.9 Å². The van der Waals surface area contributed by atoms with Crippen LogP contribution in [0.3, 0.4) is 0 Å². The minimum absolute atomic E-state index is 0.0833. The van der Waals surface area contributed by atoms with E-state index in [4.69, 9.17) is 9.57 Å². The van der Waals surface area contributed by atoms with Crippen LogP contribution in [0.1, 0.15) is 28.2 Å². The molecule has 2 heterocycles. The van der Waals surface area contributed by atoms with Crippen LogP contribution in [-0.2, 0) is 20.8 Å². The normalized spacial score (nSPS) is 17.2. The van der Waals surface area contributed by atoms with Gasteiger partial charge in [-0.1, -0.05) is 35.5 Å². The number of ether oxygens (including phenoxy) is 1. The average Bonchev–Trinajstić information content (AvgIpc) is 3.42. The zero-order valence-corrected chi connectivity index (χ0v) is 18.2. The maximum Gasteiger partial charge on any atom is 0.353 e. The van der Waals surface area contributed by atoms with Crippen molar-refractivity contribution < 1.29 is 23.6 Å². The number of benzene rings is 2. The number of carbonyl (C=O) groups excluding carboxylic acids is 2. The Labute approximate surface area is 190 Å². The average molecular weight is 450 g/mol. The van der Waals surface area contributed by atoms with E-state index in [-0.39, 0.29) is 31.1 Å². The Morgan fingerprint density at radius 3 is 2.61 bits per heavy atom. The lowest BCUT2D eigenvalue weighted by molar-refractivity contribution is -0.166. The monoisotopic (exact) mass is 450 g/mol. The summed E-state index contributed by atoms with van der Waals surface area (Å²) in [5.74, 6) is -1.29. The molecule has 0 bridgehead atoms. The van der Waals surface area contributed by atoms with Crippen LogP contribution in [0.5, 0.6) is 0 Å². The zero-order valence-electron chi connectivity index (χ0n) is 18.2. The number of hydrogen-bond donors (Lipinski definition) is 1. The third-order valence-electron chi connectivity index (χ3n) is 5.32. The molecule has 1 aliphatic heterocycles. The van der Waals surface area contributed by atoms with Crippen LogP contribution >= 0.6 is 0 Å². The summed E-state index contributed by atoms with van der Waals surface area (Å²) in [5.41, 5.74) is 1.63. The first-order valence-corrected chi connectivity index (χ1v) is 10.4. The molecule has 0 radical (unpaired) electrons. The van der Waals surface area contributed by atoms with Gasteiger partial charge < -0.3 is 14.9 Å². The fraction of sp³-hybridized carbons (Fsp3) is 0.250. The number of nitrogens with one attached hydrogen (secondary N) is 1. The van der Waals surface area contributed by atoms with E-state index in [0.29, 0.717) is 22.8 Å². The van der Waals surface area contributed by atoms with Crippen molar-refractivity contribution in [1.29, 1.82) is 0 Å². The SMILES string of the molecule is COC(=O)C1(Cc2ccccc2)CC(CNC(=O)c2cc(C)nn2-c2ccc(F)cc2)=NO1. The molecular weight excluding hydrogens is 427 g/mol. The van der Waals surface area contributed by atoms with E-state index >= 15 is 0 Å². The molecule has 2 aromatic carbocycles. The maximum atomic E-state index is 13.3. The lowest BCUT2D eigenvalue weighted by Crippen LogP contribution is -2.43. The van der Waals surface area contributed by atoms with E-state index in [0.717, 1.165) is 5.56 Å². The van der Waals surface area contributed by atoms with E-state index in [9.17, 15) is 14.0 Å². The highest BCUT2D eigenvalue weighted by Gasteiger charge is 2.47. The maximum absolute atomic E-state index is 13.3. The van der Waals surface area contributed by atoms with Gasteiger partial charge in [0.25, 0.3) is 5.91 Å². The number of amides is 1. The zero-order chi connectivity index (χ0) is 23.4. The summed E-state index contributed by atoms with van der Waals surface area (Å²) in [4.78, 5) is 31.0. The van der Waals surface area contributed by atoms with Crippen molar-refractivity contribution in [1.82, 2.24) is 15.1 Å². The molecule has 0 spiro atoms. The Bertz CT molecular complexity index is 1190. The number of hydrogen-bond acceptors (Lipinski definition) is 6. The summed E-state index contributed by atoms with van der Waals surface area (Å²) < 4.78 is 19.7. The van der Waals surface area contributed by atoms with Gasteiger partial charge in [0.1, 0.15) is 11.5 Å². The topological polar surface area (TPSA) is 94.8 Å². The number of methoxy groups -OCH3 is 1. The van der Waals surface area contributed by atoms with Gasteiger partial charge in [-0.3, -0.25) is 4.79 Å². The molecule has 0 fully saturated rings. The third kappa shape index (κ3) is 4.77. The highest BCUT2D eigenvalue weighted by Crippen LogP contribution is 2.29. The quantitative estimate of drug-likeness (QED) is 0.559. The summed E-state index contributed by atoms with van der Waals surface area (Å²) in [7, 11) is 1.30. The number of aromatic nitrogens is 2. The van der Waals surface area contributed by atoms with Gasteiger partial charge >= 0.3 is 5.97 Å². The van der Waals surface area contributed by atoms with Gasteiger partial charge in [-0.25, -0.2) is 13.9 Å². The fourth-order valence-corrected chi connectivity index (χ4v) is 3.74. The number of halogens is 1. The van der Waals surface area contributed by atoms with Crippen molar-refractivity contribution in [2.45, 2.75) is 25.4 Å². The van der Waals surface area contributed by atoms with Crippen LogP contribution in [0.15, 0.2) is 65.8 Å². The number of carbonyl (C=O) groups is 2. The molecule has 33 heavy (non-hydrogen) atoms. The molecule has 1 aromatic heterocycles. The third-order valence-corrected chi connectivity index (χ3v) is 5.32. The van der Waals surface area contributed by atoms with Gasteiger partial charge in [-0.2, -0.15) is 5.10 Å². The number of nitrogens with zero attached hydrogens (tertiary/aromatic N) is 3.